The second kappa shape index (κ2) is 10.7. The third kappa shape index (κ3) is 10.4. The van der Waals surface area contributed by atoms with Crippen LogP contribution in [0.2, 0.25) is 0 Å². The summed E-state index contributed by atoms with van der Waals surface area (Å²) in [7, 11) is 0. The van der Waals surface area contributed by atoms with Crippen molar-refractivity contribution in [3.63, 3.8) is 0 Å². The van der Waals surface area contributed by atoms with Crippen molar-refractivity contribution in [2.24, 2.45) is 0 Å². The number of hydrogen-bond acceptors (Lipinski definition) is 9. The van der Waals surface area contributed by atoms with E-state index in [1.165, 1.54) is 0 Å². The predicted octanol–water partition coefficient (Wildman–Crippen LogP) is -6.23. The molecule has 4 atom stereocenters. The van der Waals surface area contributed by atoms with Crippen LogP contribution in [-0.4, -0.2) is 96.2 Å². The second-order valence-corrected chi connectivity index (χ2v) is 2.80. The molecule has 19 heavy (non-hydrogen) atoms. The van der Waals surface area contributed by atoms with E-state index in [4.69, 9.17) is 45.6 Å². The first-order valence-electron chi connectivity index (χ1n) is 4.08. The maximum atomic E-state index is 10.1. The molecule has 0 aromatic heterocycles. The molecule has 12 heteroatoms. The third-order valence-electron chi connectivity index (χ3n) is 1.50. The first-order chi connectivity index (χ1) is 8.02. The van der Waals surface area contributed by atoms with E-state index in [1.54, 1.807) is 0 Å². The van der Waals surface area contributed by atoms with Crippen molar-refractivity contribution in [2.45, 2.75) is 24.4 Å². The van der Waals surface area contributed by atoms with Crippen LogP contribution in [0.1, 0.15) is 0 Å². The summed E-state index contributed by atoms with van der Waals surface area (Å²) >= 11 is 0. The van der Waals surface area contributed by atoms with Crippen molar-refractivity contribution in [3.8, 4) is 0 Å². The number of carbonyl (C=O) groups is 3. The fourth-order valence-electron chi connectivity index (χ4n) is 0.666. The molecule has 11 nitrogen and oxygen atoms in total. The Morgan fingerprint density at radius 2 is 0.895 bits per heavy atom. The van der Waals surface area contributed by atoms with Crippen LogP contribution in [0.5, 0.6) is 0 Å². The average molecular weight is 294 g/mol. The van der Waals surface area contributed by atoms with Crippen molar-refractivity contribution in [2.75, 3.05) is 0 Å². The molecule has 0 rings (SSSR count). The second-order valence-electron chi connectivity index (χ2n) is 2.80. The summed E-state index contributed by atoms with van der Waals surface area (Å²) in [6.45, 7) is 0. The molecule has 0 aliphatic heterocycles. The zero-order valence-electron chi connectivity index (χ0n) is 9.24. The fraction of sp³-hybridized carbons (Fsp3) is 0.571. The molecule has 0 saturated carbocycles. The summed E-state index contributed by atoms with van der Waals surface area (Å²) in [6, 6.07) is 0. The minimum atomic E-state index is -2.36. The van der Waals surface area contributed by atoms with Gasteiger partial charge >= 0.3 is 35.0 Å². The van der Waals surface area contributed by atoms with Crippen molar-refractivity contribution in [3.05, 3.63) is 0 Å². The molecule has 4 unspecified atom stereocenters. The molecule has 106 valence electrons. The molecule has 0 saturated heterocycles. The van der Waals surface area contributed by atoms with Gasteiger partial charge in [-0.25, -0.2) is 9.59 Å². The minimum Gasteiger partial charge on any atom is -0.652 e. The molecule has 0 bridgehead atoms. The van der Waals surface area contributed by atoms with E-state index in [1.807, 2.05) is 0 Å². The largest absolute Gasteiger partial charge is 2.00 e. The van der Waals surface area contributed by atoms with Crippen LogP contribution in [0, 0.1) is 0 Å². The Morgan fingerprint density at radius 1 is 0.737 bits per heavy atom. The topological polar surface area (TPSA) is 219 Å². The first-order valence-corrected chi connectivity index (χ1v) is 4.08. The third-order valence-corrected chi connectivity index (χ3v) is 1.50. The molecule has 0 radical (unpaired) electrons. The Balaban J connectivity index is -0.000000448. The molecule has 0 spiro atoms. The zero-order chi connectivity index (χ0) is 15.0. The van der Waals surface area contributed by atoms with E-state index in [0.29, 0.717) is 0 Å². The van der Waals surface area contributed by atoms with Crippen LogP contribution in [0.3, 0.4) is 0 Å². The summed E-state index contributed by atoms with van der Waals surface area (Å²) in [4.78, 5) is 28.5. The summed E-state index contributed by atoms with van der Waals surface area (Å²) < 4.78 is 0. The molecule has 0 aromatic carbocycles. The van der Waals surface area contributed by atoms with Crippen LogP contribution >= 0.6 is 0 Å². The smallest absolute Gasteiger partial charge is 0.652 e. The van der Waals surface area contributed by atoms with Gasteiger partial charge in [0.15, 0.2) is 12.2 Å². The zero-order valence-corrected chi connectivity index (χ0v) is 10.7. The summed E-state index contributed by atoms with van der Waals surface area (Å²) in [5.41, 5.74) is 0. The number of carbonyl (C=O) groups excluding carboxylic acids is 1. The van der Waals surface area contributed by atoms with E-state index in [-0.39, 0.29) is 23.1 Å². The number of carboxylic acid groups (broad SMARTS) is 4. The molecule has 6 N–H and O–H groups in total. The van der Waals surface area contributed by atoms with Crippen molar-refractivity contribution >= 4 is 41.1 Å². The summed E-state index contributed by atoms with van der Waals surface area (Å²) in [5, 5.41) is 68.1. The maximum Gasteiger partial charge on any atom is 2.00 e. The van der Waals surface area contributed by atoms with E-state index < -0.39 is 42.5 Å². The van der Waals surface area contributed by atoms with Gasteiger partial charge in [-0.3, -0.25) is 0 Å². The monoisotopic (exact) mass is 294 g/mol. The molecular formula is C7H10MgO11. The number of carboxylic acids is 2. The van der Waals surface area contributed by atoms with Gasteiger partial charge in [0, 0.05) is 0 Å². The van der Waals surface area contributed by atoms with Gasteiger partial charge in [0.1, 0.15) is 12.2 Å². The van der Waals surface area contributed by atoms with Crippen molar-refractivity contribution < 1.29 is 55.2 Å². The van der Waals surface area contributed by atoms with Gasteiger partial charge < -0.3 is 45.6 Å². The molecule has 0 fully saturated rings. The maximum absolute atomic E-state index is 10.1. The number of aliphatic carboxylic acids is 2. The standard InChI is InChI=1S/C6H10O8.CH2O3.Mg/c7-1(3(9)5(11)12)2(8)4(10)6(13)14;2-1(3)4;/h1-4,7-10H,(H,11,12)(H,13,14);(H2,2,3,4);/q;;+2/p-2. The van der Waals surface area contributed by atoms with Crippen LogP contribution in [-0.2, 0) is 9.59 Å². The molecule has 0 aromatic rings. The van der Waals surface area contributed by atoms with Gasteiger partial charge in [0.05, 0.1) is 0 Å². The minimum absolute atomic E-state index is 0. The quantitative estimate of drug-likeness (QED) is 0.262. The van der Waals surface area contributed by atoms with E-state index in [2.05, 4.69) is 0 Å². The Labute approximate surface area is 121 Å². The van der Waals surface area contributed by atoms with Gasteiger partial charge in [0.2, 0.25) is 0 Å². The van der Waals surface area contributed by atoms with E-state index >= 15 is 0 Å². The molecule has 0 aliphatic carbocycles. The Kier molecular flexibility index (Phi) is 12.9. The van der Waals surface area contributed by atoms with Crippen LogP contribution in [0.25, 0.3) is 0 Å². The average Bonchev–Trinajstić information content (AvgIpc) is 2.23. The van der Waals surface area contributed by atoms with Gasteiger partial charge in [-0.2, -0.15) is 0 Å². The van der Waals surface area contributed by atoms with E-state index in [0.717, 1.165) is 0 Å². The Morgan fingerprint density at radius 3 is 1.00 bits per heavy atom. The molecule has 0 aliphatic rings. The van der Waals surface area contributed by atoms with Gasteiger partial charge in [-0.05, 0) is 6.16 Å². The normalized spacial score (nSPS) is 15.6. The summed E-state index contributed by atoms with van der Waals surface area (Å²) in [6.07, 6.45) is -11.6. The van der Waals surface area contributed by atoms with Crippen molar-refractivity contribution in [1.29, 1.82) is 0 Å². The fourth-order valence-corrected chi connectivity index (χ4v) is 0.666. The number of rotatable bonds is 5. The van der Waals surface area contributed by atoms with Crippen LogP contribution < -0.4 is 10.2 Å². The van der Waals surface area contributed by atoms with Crippen molar-refractivity contribution in [1.82, 2.24) is 0 Å². The molecule has 0 heterocycles. The SMILES string of the molecule is O=C(O)C(O)C(O)C(O)C(O)C(=O)O.O=C([O-])[O-].[Mg+2]. The number of aliphatic hydroxyl groups is 4. The summed E-state index contributed by atoms with van der Waals surface area (Å²) in [5.74, 6) is -3.68. The number of hydrogen-bond donors (Lipinski definition) is 6. The Hall–Kier alpha value is -1.18. The molecule has 0 amide bonds. The Bertz CT molecular complexity index is 277. The van der Waals surface area contributed by atoms with Gasteiger partial charge in [-0.15, -0.1) is 0 Å². The predicted molar refractivity (Wildman–Crippen MR) is 50.4 cm³/mol. The molecular weight excluding hydrogens is 284 g/mol. The van der Waals surface area contributed by atoms with Gasteiger partial charge in [-0.1, -0.05) is 0 Å². The first kappa shape index (κ1) is 23.0. The van der Waals surface area contributed by atoms with Crippen LogP contribution in [0.15, 0.2) is 0 Å². The number of aliphatic hydroxyl groups excluding tert-OH is 4. The van der Waals surface area contributed by atoms with E-state index in [9.17, 15) is 9.59 Å². The van der Waals surface area contributed by atoms with Gasteiger partial charge in [0.25, 0.3) is 0 Å². The van der Waals surface area contributed by atoms with Crippen LogP contribution in [0.4, 0.5) is 4.79 Å².